The molecule has 0 atom stereocenters. The molecule has 2 aromatic rings. The predicted octanol–water partition coefficient (Wildman–Crippen LogP) is 0.797. The van der Waals surface area contributed by atoms with Crippen LogP contribution in [0.3, 0.4) is 0 Å². The fourth-order valence-electron chi connectivity index (χ4n) is 3.84. The van der Waals surface area contributed by atoms with Crippen LogP contribution in [0.4, 0.5) is 0 Å². The Balaban J connectivity index is 1.91. The van der Waals surface area contributed by atoms with Crippen LogP contribution in [0.15, 0.2) is 24.3 Å². The van der Waals surface area contributed by atoms with Gasteiger partial charge in [0.1, 0.15) is 0 Å². The van der Waals surface area contributed by atoms with Gasteiger partial charge in [-0.1, -0.05) is 0 Å². The summed E-state index contributed by atoms with van der Waals surface area (Å²) in [5.74, 6) is -2.01. The van der Waals surface area contributed by atoms with Crippen molar-refractivity contribution in [2.75, 3.05) is 26.3 Å². The molecule has 2 aromatic carbocycles. The molecule has 8 nitrogen and oxygen atoms in total. The summed E-state index contributed by atoms with van der Waals surface area (Å²) in [6.45, 7) is -0.120. The van der Waals surface area contributed by atoms with Gasteiger partial charge in [-0.15, -0.1) is 0 Å². The van der Waals surface area contributed by atoms with Crippen LogP contribution in [0.2, 0.25) is 0 Å². The van der Waals surface area contributed by atoms with Crippen LogP contribution >= 0.6 is 0 Å². The SMILES string of the molecule is O=C1c2ccc3c4c(ccc(c24)C(=O)N1CCCO)C(=O)N(CCCO)C3=O. The molecular weight excluding hydrogens is 364 g/mol. The zero-order chi connectivity index (χ0) is 20.0. The lowest BCUT2D eigenvalue weighted by Gasteiger charge is -2.31. The van der Waals surface area contributed by atoms with Gasteiger partial charge in [-0.2, -0.15) is 0 Å². The molecule has 0 aromatic heterocycles. The second-order valence-electron chi connectivity index (χ2n) is 6.75. The van der Waals surface area contributed by atoms with Crippen molar-refractivity contribution in [1.82, 2.24) is 9.80 Å². The molecule has 0 radical (unpaired) electrons. The van der Waals surface area contributed by atoms with Crippen molar-refractivity contribution in [3.05, 3.63) is 46.5 Å². The highest BCUT2D eigenvalue weighted by Crippen LogP contribution is 2.37. The van der Waals surface area contributed by atoms with Gasteiger partial charge in [-0.05, 0) is 37.1 Å². The average Bonchev–Trinajstić information content (AvgIpc) is 2.70. The minimum absolute atomic E-state index is 0.0887. The molecule has 28 heavy (non-hydrogen) atoms. The largest absolute Gasteiger partial charge is 0.396 e. The van der Waals surface area contributed by atoms with Crippen molar-refractivity contribution in [2.24, 2.45) is 0 Å². The number of nitrogens with zero attached hydrogens (tertiary/aromatic N) is 2. The molecule has 4 amide bonds. The normalized spacial score (nSPS) is 15.8. The van der Waals surface area contributed by atoms with E-state index in [9.17, 15) is 19.2 Å². The smallest absolute Gasteiger partial charge is 0.261 e. The Hall–Kier alpha value is -3.10. The first-order valence-corrected chi connectivity index (χ1v) is 9.05. The van der Waals surface area contributed by atoms with Gasteiger partial charge in [0.2, 0.25) is 0 Å². The van der Waals surface area contributed by atoms with Gasteiger partial charge in [0.05, 0.1) is 0 Å². The van der Waals surface area contributed by atoms with Crippen LogP contribution in [0.1, 0.15) is 54.3 Å². The van der Waals surface area contributed by atoms with Gasteiger partial charge in [0, 0.05) is 59.3 Å². The third-order valence-corrected chi connectivity index (χ3v) is 5.14. The summed E-state index contributed by atoms with van der Waals surface area (Å²) < 4.78 is 0. The van der Waals surface area contributed by atoms with Crippen LogP contribution in [0.5, 0.6) is 0 Å². The predicted molar refractivity (Wildman–Crippen MR) is 98.1 cm³/mol. The van der Waals surface area contributed by atoms with Crippen LogP contribution in [-0.4, -0.2) is 69.9 Å². The van der Waals surface area contributed by atoms with Crippen LogP contribution < -0.4 is 0 Å². The average molecular weight is 382 g/mol. The van der Waals surface area contributed by atoms with E-state index in [1.54, 1.807) is 0 Å². The fourth-order valence-corrected chi connectivity index (χ4v) is 3.84. The van der Waals surface area contributed by atoms with Crippen molar-refractivity contribution in [1.29, 1.82) is 0 Å². The van der Waals surface area contributed by atoms with Crippen molar-refractivity contribution in [3.63, 3.8) is 0 Å². The summed E-state index contributed by atoms with van der Waals surface area (Å²) in [5.41, 5.74) is 1.05. The number of hydrogen-bond donors (Lipinski definition) is 2. The second kappa shape index (κ2) is 6.81. The maximum absolute atomic E-state index is 12.8. The molecule has 2 heterocycles. The second-order valence-corrected chi connectivity index (χ2v) is 6.75. The molecule has 0 fully saturated rings. The highest BCUT2D eigenvalue weighted by Gasteiger charge is 2.39. The Morgan fingerprint density at radius 2 is 0.857 bits per heavy atom. The summed E-state index contributed by atoms with van der Waals surface area (Å²) in [4.78, 5) is 53.5. The highest BCUT2D eigenvalue weighted by atomic mass is 16.3. The van der Waals surface area contributed by atoms with Crippen LogP contribution in [0.25, 0.3) is 10.8 Å². The zero-order valence-corrected chi connectivity index (χ0v) is 15.0. The summed E-state index contributed by atoms with van der Waals surface area (Å²) in [6.07, 6.45) is 0.534. The lowest BCUT2D eigenvalue weighted by atomic mass is 9.86. The highest BCUT2D eigenvalue weighted by molar-refractivity contribution is 6.33. The Morgan fingerprint density at radius 3 is 1.11 bits per heavy atom. The summed E-state index contributed by atoms with van der Waals surface area (Å²) in [5, 5.41) is 18.7. The standard InChI is InChI=1S/C20H18N2O6/c23-9-1-7-21-17(25)11-3-5-13-16-14(6-4-12(15(11)16)18(21)26)20(28)22(19(13)27)8-2-10-24/h3-6,23-24H,1-2,7-10H2. The first kappa shape index (κ1) is 18.3. The molecule has 2 N–H and O–H groups in total. The number of carbonyl (C=O) groups excluding carboxylic acids is 4. The van der Waals surface area contributed by atoms with Gasteiger partial charge in [0.15, 0.2) is 0 Å². The molecule has 2 aliphatic rings. The Labute approximate surface area is 160 Å². The van der Waals surface area contributed by atoms with Gasteiger partial charge < -0.3 is 10.2 Å². The third-order valence-electron chi connectivity index (χ3n) is 5.14. The summed E-state index contributed by atoms with van der Waals surface area (Å²) in [7, 11) is 0. The van der Waals surface area contributed by atoms with Gasteiger partial charge in [-0.3, -0.25) is 29.0 Å². The number of aliphatic hydroxyl groups excluding tert-OH is 2. The number of benzene rings is 2. The maximum atomic E-state index is 12.8. The van der Waals surface area contributed by atoms with E-state index in [4.69, 9.17) is 10.2 Å². The van der Waals surface area contributed by atoms with Crippen LogP contribution in [0, 0.1) is 0 Å². The Kier molecular flexibility index (Phi) is 4.44. The minimum atomic E-state index is -0.503. The van der Waals surface area contributed by atoms with Crippen molar-refractivity contribution >= 4 is 34.4 Å². The molecular formula is C20H18N2O6. The molecule has 2 aliphatic heterocycles. The number of amides is 4. The summed E-state index contributed by atoms with van der Waals surface area (Å²) >= 11 is 0. The number of rotatable bonds is 6. The number of aliphatic hydroxyl groups is 2. The van der Waals surface area contributed by atoms with E-state index in [-0.39, 0.29) is 61.4 Å². The molecule has 4 rings (SSSR count). The molecule has 144 valence electrons. The first-order valence-electron chi connectivity index (χ1n) is 9.05. The van der Waals surface area contributed by atoms with E-state index in [0.29, 0.717) is 10.8 Å². The van der Waals surface area contributed by atoms with E-state index in [0.717, 1.165) is 9.80 Å². The number of carbonyl (C=O) groups is 4. The van der Waals surface area contributed by atoms with Gasteiger partial charge in [-0.25, -0.2) is 0 Å². The molecule has 8 heteroatoms. The molecule has 0 bridgehead atoms. The number of hydrogen-bond acceptors (Lipinski definition) is 6. The zero-order valence-electron chi connectivity index (χ0n) is 15.0. The molecule has 0 saturated heterocycles. The Bertz CT molecular complexity index is 891. The van der Waals surface area contributed by atoms with E-state index in [1.165, 1.54) is 24.3 Å². The third kappa shape index (κ3) is 2.45. The summed E-state index contributed by atoms with van der Waals surface area (Å²) in [6, 6.07) is 6.01. The van der Waals surface area contributed by atoms with Crippen LogP contribution in [-0.2, 0) is 0 Å². The Morgan fingerprint density at radius 1 is 0.571 bits per heavy atom. The van der Waals surface area contributed by atoms with E-state index in [2.05, 4.69) is 0 Å². The quantitative estimate of drug-likeness (QED) is 0.714. The fraction of sp³-hybridized carbons (Fsp3) is 0.300. The molecule has 0 saturated carbocycles. The number of imide groups is 2. The van der Waals surface area contributed by atoms with E-state index in [1.807, 2.05) is 0 Å². The van der Waals surface area contributed by atoms with Crippen molar-refractivity contribution in [2.45, 2.75) is 12.8 Å². The molecule has 0 unspecified atom stereocenters. The van der Waals surface area contributed by atoms with E-state index >= 15 is 0 Å². The van der Waals surface area contributed by atoms with E-state index < -0.39 is 23.6 Å². The molecule has 0 spiro atoms. The minimum Gasteiger partial charge on any atom is -0.396 e. The first-order chi connectivity index (χ1) is 13.5. The van der Waals surface area contributed by atoms with Gasteiger partial charge in [0.25, 0.3) is 23.6 Å². The van der Waals surface area contributed by atoms with Gasteiger partial charge >= 0.3 is 0 Å². The van der Waals surface area contributed by atoms with Crippen molar-refractivity contribution in [3.8, 4) is 0 Å². The topological polar surface area (TPSA) is 115 Å². The van der Waals surface area contributed by atoms with Crippen molar-refractivity contribution < 1.29 is 29.4 Å². The lowest BCUT2D eigenvalue weighted by molar-refractivity contribution is 0.0579. The lowest BCUT2D eigenvalue weighted by Crippen LogP contribution is -2.44. The molecule has 0 aliphatic carbocycles. The monoisotopic (exact) mass is 382 g/mol. The maximum Gasteiger partial charge on any atom is 0.261 e.